The number of esters is 3. The van der Waals surface area contributed by atoms with Crippen molar-refractivity contribution in [1.82, 2.24) is 0 Å². The number of unbranched alkanes of at least 4 members (excludes halogenated alkanes) is 1. The highest BCUT2D eigenvalue weighted by Gasteiger charge is 2.49. The molecule has 5 nitrogen and oxygen atoms in total. The van der Waals surface area contributed by atoms with E-state index >= 15 is 0 Å². The van der Waals surface area contributed by atoms with Crippen LogP contribution in [0, 0.1) is 11.3 Å². The summed E-state index contributed by atoms with van der Waals surface area (Å²) in [5.41, 5.74) is -1.000. The van der Waals surface area contributed by atoms with Gasteiger partial charge in [0.1, 0.15) is 0 Å². The van der Waals surface area contributed by atoms with Crippen LogP contribution >= 0.6 is 0 Å². The molecule has 118 valence electrons. The first-order chi connectivity index (χ1) is 9.95. The number of ether oxygens (including phenoxy) is 2. The molecular formula is C16H24O5. The molecule has 0 heterocycles. The molecule has 1 rings (SSSR count). The Morgan fingerprint density at radius 2 is 2.05 bits per heavy atom. The largest absolute Gasteiger partial charge is 0.465 e. The lowest BCUT2D eigenvalue weighted by molar-refractivity contribution is -0.175. The molecule has 1 aliphatic rings. The Hall–Kier alpha value is -1.65. The number of hydrogen-bond donors (Lipinski definition) is 0. The second-order valence-corrected chi connectivity index (χ2v) is 5.65. The minimum absolute atomic E-state index is 0.364. The maximum absolute atomic E-state index is 12.2. The summed E-state index contributed by atoms with van der Waals surface area (Å²) in [5.74, 6) is -2.36. The number of carbonyl (C=O) groups is 3. The fourth-order valence-electron chi connectivity index (χ4n) is 2.62. The van der Waals surface area contributed by atoms with Crippen LogP contribution in [-0.4, -0.2) is 24.5 Å². The molecule has 21 heavy (non-hydrogen) atoms. The molecule has 0 aliphatic heterocycles. The first-order valence-corrected chi connectivity index (χ1v) is 7.51. The molecule has 0 aromatic rings. The zero-order valence-corrected chi connectivity index (χ0v) is 12.9. The first-order valence-electron chi connectivity index (χ1n) is 7.51. The molecule has 1 aliphatic carbocycles. The van der Waals surface area contributed by atoms with Crippen molar-refractivity contribution in [3.63, 3.8) is 0 Å². The highest BCUT2D eigenvalue weighted by molar-refractivity contribution is 5.95. The number of rotatable bonds is 6. The predicted octanol–water partition coefficient (Wildman–Crippen LogP) is 2.78. The molecule has 1 saturated carbocycles. The highest BCUT2D eigenvalue weighted by Crippen LogP contribution is 2.42. The first kappa shape index (κ1) is 17.4. The van der Waals surface area contributed by atoms with E-state index in [-0.39, 0.29) is 5.97 Å². The third kappa shape index (κ3) is 4.41. The predicted molar refractivity (Wildman–Crippen MR) is 77.2 cm³/mol. The van der Waals surface area contributed by atoms with Crippen LogP contribution in [0.4, 0.5) is 0 Å². The van der Waals surface area contributed by atoms with E-state index < -0.39 is 23.3 Å². The summed E-state index contributed by atoms with van der Waals surface area (Å²) in [6.07, 6.45) is 5.47. The molecule has 2 unspecified atom stereocenters. The van der Waals surface area contributed by atoms with Crippen molar-refractivity contribution in [2.45, 2.75) is 52.4 Å². The van der Waals surface area contributed by atoms with E-state index in [4.69, 9.17) is 9.47 Å². The van der Waals surface area contributed by atoms with Gasteiger partial charge in [-0.15, -0.1) is 0 Å². The Morgan fingerprint density at radius 3 is 2.67 bits per heavy atom. The van der Waals surface area contributed by atoms with Crippen LogP contribution in [-0.2, 0) is 23.9 Å². The van der Waals surface area contributed by atoms with Crippen LogP contribution in [0.1, 0.15) is 52.4 Å². The number of carbonyl (C=O) groups excluding carboxylic acids is 3. The van der Waals surface area contributed by atoms with Gasteiger partial charge in [0.2, 0.25) is 0 Å². The van der Waals surface area contributed by atoms with Gasteiger partial charge in [-0.25, -0.2) is 4.79 Å². The van der Waals surface area contributed by atoms with Crippen LogP contribution in [0.5, 0.6) is 0 Å². The fraction of sp³-hybridized carbons (Fsp3) is 0.688. The number of hydrogen-bond acceptors (Lipinski definition) is 5. The minimum atomic E-state index is -1.000. The van der Waals surface area contributed by atoms with E-state index in [1.165, 1.54) is 0 Å². The summed E-state index contributed by atoms with van der Waals surface area (Å²) in [6, 6.07) is 0. The van der Waals surface area contributed by atoms with Crippen molar-refractivity contribution in [2.75, 3.05) is 6.61 Å². The van der Waals surface area contributed by atoms with Gasteiger partial charge in [-0.3, -0.25) is 9.59 Å². The maximum Gasteiger partial charge on any atom is 0.337 e. The molecule has 0 saturated heterocycles. The average Bonchev–Trinajstić information content (AvgIpc) is 2.47. The van der Waals surface area contributed by atoms with E-state index in [1.54, 1.807) is 6.92 Å². The molecule has 0 aromatic carbocycles. The van der Waals surface area contributed by atoms with E-state index in [1.807, 2.05) is 6.92 Å². The molecule has 0 bridgehead atoms. The van der Waals surface area contributed by atoms with E-state index in [0.29, 0.717) is 19.4 Å². The van der Waals surface area contributed by atoms with Gasteiger partial charge in [0, 0.05) is 6.08 Å². The van der Waals surface area contributed by atoms with Crippen molar-refractivity contribution in [2.24, 2.45) is 11.3 Å². The zero-order chi connectivity index (χ0) is 15.9. The fourth-order valence-corrected chi connectivity index (χ4v) is 2.62. The van der Waals surface area contributed by atoms with Crippen LogP contribution in [0.15, 0.2) is 12.7 Å². The molecule has 0 aromatic heterocycles. The standard InChI is InChI=1S/C16H24O5/c1-4-6-11-20-14(18)12-9-7-8-10-16(12,3)15(19)21-13(17)5-2/h5,12H,2,4,6-11H2,1,3H3. The second-order valence-electron chi connectivity index (χ2n) is 5.65. The lowest BCUT2D eigenvalue weighted by Crippen LogP contribution is -2.44. The Bertz CT molecular complexity index is 415. The van der Waals surface area contributed by atoms with Crippen molar-refractivity contribution >= 4 is 17.9 Å². The molecule has 0 radical (unpaired) electrons. The third-order valence-corrected chi connectivity index (χ3v) is 4.06. The monoisotopic (exact) mass is 296 g/mol. The van der Waals surface area contributed by atoms with E-state index in [9.17, 15) is 14.4 Å². The Labute approximate surface area is 125 Å². The molecule has 5 heteroatoms. The van der Waals surface area contributed by atoms with Gasteiger partial charge in [-0.2, -0.15) is 0 Å². The van der Waals surface area contributed by atoms with E-state index in [2.05, 4.69) is 6.58 Å². The average molecular weight is 296 g/mol. The minimum Gasteiger partial charge on any atom is -0.465 e. The van der Waals surface area contributed by atoms with Crippen molar-refractivity contribution in [1.29, 1.82) is 0 Å². The second kappa shape index (κ2) is 7.96. The van der Waals surface area contributed by atoms with Crippen molar-refractivity contribution in [3.8, 4) is 0 Å². The summed E-state index contributed by atoms with van der Waals surface area (Å²) in [4.78, 5) is 35.7. The van der Waals surface area contributed by atoms with Crippen LogP contribution < -0.4 is 0 Å². The molecule has 1 fully saturated rings. The molecule has 2 atom stereocenters. The molecular weight excluding hydrogens is 272 g/mol. The summed E-state index contributed by atoms with van der Waals surface area (Å²) in [5, 5.41) is 0. The molecule has 0 spiro atoms. The van der Waals surface area contributed by atoms with Gasteiger partial charge in [-0.1, -0.05) is 32.8 Å². The summed E-state index contributed by atoms with van der Waals surface area (Å²) in [7, 11) is 0. The topological polar surface area (TPSA) is 69.7 Å². The van der Waals surface area contributed by atoms with Crippen molar-refractivity contribution in [3.05, 3.63) is 12.7 Å². The molecule has 0 amide bonds. The smallest absolute Gasteiger partial charge is 0.337 e. The van der Waals surface area contributed by atoms with Gasteiger partial charge >= 0.3 is 17.9 Å². The van der Waals surface area contributed by atoms with Gasteiger partial charge in [-0.05, 0) is 26.2 Å². The maximum atomic E-state index is 12.2. The Balaban J connectivity index is 2.78. The van der Waals surface area contributed by atoms with Crippen LogP contribution in [0.3, 0.4) is 0 Å². The quantitative estimate of drug-likeness (QED) is 0.326. The lowest BCUT2D eigenvalue weighted by Gasteiger charge is -2.37. The van der Waals surface area contributed by atoms with Crippen molar-refractivity contribution < 1.29 is 23.9 Å². The summed E-state index contributed by atoms with van der Waals surface area (Å²) < 4.78 is 9.99. The summed E-state index contributed by atoms with van der Waals surface area (Å²) >= 11 is 0. The van der Waals surface area contributed by atoms with Gasteiger partial charge in [0.05, 0.1) is 17.9 Å². The highest BCUT2D eigenvalue weighted by atomic mass is 16.6. The van der Waals surface area contributed by atoms with Gasteiger partial charge in [0.15, 0.2) is 0 Å². The Kier molecular flexibility index (Phi) is 6.59. The van der Waals surface area contributed by atoms with Gasteiger partial charge < -0.3 is 9.47 Å². The van der Waals surface area contributed by atoms with E-state index in [0.717, 1.165) is 31.8 Å². The lowest BCUT2D eigenvalue weighted by atomic mass is 9.67. The normalized spacial score (nSPS) is 25.0. The van der Waals surface area contributed by atoms with Gasteiger partial charge in [0.25, 0.3) is 0 Å². The SMILES string of the molecule is C=CC(=O)OC(=O)C1(C)CCCCC1C(=O)OCCCC. The Morgan fingerprint density at radius 1 is 1.33 bits per heavy atom. The third-order valence-electron chi connectivity index (χ3n) is 4.06. The molecule has 0 N–H and O–H groups in total. The zero-order valence-electron chi connectivity index (χ0n) is 12.9. The van der Waals surface area contributed by atoms with Crippen LogP contribution in [0.25, 0.3) is 0 Å². The van der Waals surface area contributed by atoms with Crippen LogP contribution in [0.2, 0.25) is 0 Å². The summed E-state index contributed by atoms with van der Waals surface area (Å²) in [6.45, 7) is 7.32.